The van der Waals surface area contributed by atoms with Crippen LogP contribution < -0.4 is 4.90 Å². The summed E-state index contributed by atoms with van der Waals surface area (Å²) in [7, 11) is 2.14. The standard InChI is InChI=1S/C21H23F2N5O/c1-27-8-9-29-21(13-27)3-6-28(7-4-21)20-18-17(2-5-24-20)25-19(26-18)14-10-15(22)12-16(23)11-14/h2,5,10-12H,3-4,6-9,13H2,1H3,(H,25,26). The Morgan fingerprint density at radius 3 is 2.59 bits per heavy atom. The number of nitrogens with one attached hydrogen (secondary N) is 1. The molecule has 0 atom stereocenters. The molecule has 0 bridgehead atoms. The zero-order valence-corrected chi connectivity index (χ0v) is 16.3. The van der Waals surface area contributed by atoms with Gasteiger partial charge in [-0.1, -0.05) is 0 Å². The topological polar surface area (TPSA) is 57.3 Å². The molecule has 2 saturated heterocycles. The van der Waals surface area contributed by atoms with Gasteiger partial charge in [0.2, 0.25) is 0 Å². The van der Waals surface area contributed by atoms with E-state index in [1.807, 2.05) is 6.07 Å². The van der Waals surface area contributed by atoms with Gasteiger partial charge in [-0.2, -0.15) is 0 Å². The van der Waals surface area contributed by atoms with E-state index in [-0.39, 0.29) is 5.60 Å². The van der Waals surface area contributed by atoms with E-state index in [0.717, 1.165) is 63.0 Å². The monoisotopic (exact) mass is 399 g/mol. The molecule has 3 aromatic rings. The number of fused-ring (bicyclic) bond motifs is 1. The zero-order chi connectivity index (χ0) is 20.0. The predicted octanol–water partition coefficient (Wildman–Crippen LogP) is 3.20. The van der Waals surface area contributed by atoms with Gasteiger partial charge in [0.05, 0.1) is 17.7 Å². The lowest BCUT2D eigenvalue weighted by Gasteiger charge is -2.46. The first-order chi connectivity index (χ1) is 14.0. The average Bonchev–Trinajstić information content (AvgIpc) is 3.12. The third kappa shape index (κ3) is 3.47. The number of rotatable bonds is 2. The third-order valence-corrected chi connectivity index (χ3v) is 5.93. The molecule has 2 aliphatic heterocycles. The van der Waals surface area contributed by atoms with Gasteiger partial charge in [-0.25, -0.2) is 18.7 Å². The molecule has 8 heteroatoms. The fourth-order valence-electron chi connectivity index (χ4n) is 4.44. The number of ether oxygens (including phenoxy) is 1. The molecule has 6 nitrogen and oxygen atoms in total. The van der Waals surface area contributed by atoms with Gasteiger partial charge >= 0.3 is 0 Å². The van der Waals surface area contributed by atoms with Crippen LogP contribution in [0.2, 0.25) is 0 Å². The molecular weight excluding hydrogens is 376 g/mol. The number of halogens is 2. The van der Waals surface area contributed by atoms with Crippen LogP contribution in [0.15, 0.2) is 30.5 Å². The molecular formula is C21H23F2N5O. The van der Waals surface area contributed by atoms with E-state index in [2.05, 4.69) is 31.8 Å². The molecule has 1 N–H and O–H groups in total. The zero-order valence-electron chi connectivity index (χ0n) is 16.3. The molecule has 5 rings (SSSR count). The molecule has 2 aliphatic rings. The van der Waals surface area contributed by atoms with Crippen molar-refractivity contribution in [2.75, 3.05) is 44.7 Å². The number of aromatic nitrogens is 3. The smallest absolute Gasteiger partial charge is 0.156 e. The second kappa shape index (κ2) is 7.03. The average molecular weight is 399 g/mol. The highest BCUT2D eigenvalue weighted by atomic mass is 19.1. The lowest BCUT2D eigenvalue weighted by molar-refractivity contribution is -0.115. The van der Waals surface area contributed by atoms with Gasteiger partial charge in [-0.05, 0) is 38.1 Å². The Balaban J connectivity index is 1.43. The van der Waals surface area contributed by atoms with Gasteiger partial charge in [0.15, 0.2) is 5.82 Å². The quantitative estimate of drug-likeness (QED) is 0.717. The number of nitrogens with zero attached hydrogens (tertiary/aromatic N) is 4. The number of hydrogen-bond acceptors (Lipinski definition) is 5. The van der Waals surface area contributed by atoms with E-state index >= 15 is 0 Å². The van der Waals surface area contributed by atoms with Crippen molar-refractivity contribution >= 4 is 16.9 Å². The number of hydrogen-bond donors (Lipinski definition) is 1. The van der Waals surface area contributed by atoms with Crippen LogP contribution in [0.5, 0.6) is 0 Å². The number of aromatic amines is 1. The summed E-state index contributed by atoms with van der Waals surface area (Å²) >= 11 is 0. The fraction of sp³-hybridized carbons (Fsp3) is 0.429. The third-order valence-electron chi connectivity index (χ3n) is 5.93. The summed E-state index contributed by atoms with van der Waals surface area (Å²) in [6.07, 6.45) is 3.60. The van der Waals surface area contributed by atoms with Crippen molar-refractivity contribution < 1.29 is 13.5 Å². The van der Waals surface area contributed by atoms with Gasteiger partial charge in [0.1, 0.15) is 23.0 Å². The maximum atomic E-state index is 13.6. The number of likely N-dealkylation sites (N-methyl/N-ethyl adjacent to an activating group) is 1. The lowest BCUT2D eigenvalue weighted by Crippen LogP contribution is -2.56. The van der Waals surface area contributed by atoms with E-state index in [1.54, 1.807) is 6.20 Å². The number of imidazole rings is 1. The first-order valence-corrected chi connectivity index (χ1v) is 9.90. The molecule has 0 radical (unpaired) electrons. The van der Waals surface area contributed by atoms with Crippen LogP contribution in [-0.2, 0) is 4.74 Å². The number of pyridine rings is 1. The number of anilines is 1. The Bertz CT molecular complexity index is 1020. The molecule has 0 aliphatic carbocycles. The minimum Gasteiger partial charge on any atom is -0.372 e. The normalized spacial score (nSPS) is 19.9. The SMILES string of the molecule is CN1CCOC2(CCN(c3nccc4[nH]c(-c5cc(F)cc(F)c5)nc34)CC2)C1. The van der Waals surface area contributed by atoms with E-state index in [1.165, 1.54) is 12.1 Å². The van der Waals surface area contributed by atoms with E-state index in [9.17, 15) is 8.78 Å². The molecule has 0 unspecified atom stereocenters. The Kier molecular flexibility index (Phi) is 4.48. The number of H-pyrrole nitrogens is 1. The molecule has 0 amide bonds. The van der Waals surface area contributed by atoms with Crippen molar-refractivity contribution in [2.24, 2.45) is 0 Å². The molecule has 2 aromatic heterocycles. The van der Waals surface area contributed by atoms with E-state index in [4.69, 9.17) is 4.74 Å². The van der Waals surface area contributed by atoms with Gasteiger partial charge in [-0.3, -0.25) is 0 Å². The van der Waals surface area contributed by atoms with Crippen molar-refractivity contribution in [2.45, 2.75) is 18.4 Å². The first-order valence-electron chi connectivity index (χ1n) is 9.90. The van der Waals surface area contributed by atoms with Crippen LogP contribution in [0.4, 0.5) is 14.6 Å². The summed E-state index contributed by atoms with van der Waals surface area (Å²) in [6, 6.07) is 5.23. The fourth-order valence-corrected chi connectivity index (χ4v) is 4.44. The van der Waals surface area contributed by atoms with Crippen LogP contribution in [0.3, 0.4) is 0 Å². The van der Waals surface area contributed by atoms with Crippen LogP contribution in [0.1, 0.15) is 12.8 Å². The minimum absolute atomic E-state index is 0.0762. The van der Waals surface area contributed by atoms with Crippen molar-refractivity contribution in [3.05, 3.63) is 42.1 Å². The maximum absolute atomic E-state index is 13.6. The predicted molar refractivity (Wildman–Crippen MR) is 107 cm³/mol. The summed E-state index contributed by atoms with van der Waals surface area (Å²) < 4.78 is 33.4. The Hall–Kier alpha value is -2.58. The summed E-state index contributed by atoms with van der Waals surface area (Å²) in [5.74, 6) is -0.0329. The van der Waals surface area contributed by atoms with Crippen molar-refractivity contribution in [1.82, 2.24) is 19.9 Å². The van der Waals surface area contributed by atoms with Crippen LogP contribution in [0.25, 0.3) is 22.4 Å². The van der Waals surface area contributed by atoms with Crippen LogP contribution >= 0.6 is 0 Å². The first kappa shape index (κ1) is 18.4. The number of morpholine rings is 1. The molecule has 152 valence electrons. The second-order valence-corrected chi connectivity index (χ2v) is 8.03. The van der Waals surface area contributed by atoms with E-state index in [0.29, 0.717) is 16.9 Å². The minimum atomic E-state index is -0.627. The second-order valence-electron chi connectivity index (χ2n) is 8.03. The van der Waals surface area contributed by atoms with Gasteiger partial charge in [-0.15, -0.1) is 0 Å². The van der Waals surface area contributed by atoms with Gasteiger partial charge < -0.3 is 19.5 Å². The molecule has 4 heterocycles. The Morgan fingerprint density at radius 2 is 1.86 bits per heavy atom. The highest BCUT2D eigenvalue weighted by molar-refractivity contribution is 5.88. The van der Waals surface area contributed by atoms with E-state index < -0.39 is 11.6 Å². The maximum Gasteiger partial charge on any atom is 0.156 e. The number of piperidine rings is 1. The van der Waals surface area contributed by atoms with Gasteiger partial charge in [0.25, 0.3) is 0 Å². The van der Waals surface area contributed by atoms with Crippen LogP contribution in [0, 0.1) is 11.6 Å². The lowest BCUT2D eigenvalue weighted by atomic mass is 9.89. The summed E-state index contributed by atoms with van der Waals surface area (Å²) in [5.41, 5.74) is 1.81. The van der Waals surface area contributed by atoms with Crippen molar-refractivity contribution in [3.8, 4) is 11.4 Å². The molecule has 1 spiro atoms. The largest absolute Gasteiger partial charge is 0.372 e. The highest BCUT2D eigenvalue weighted by Crippen LogP contribution is 2.34. The summed E-state index contributed by atoms with van der Waals surface area (Å²) in [6.45, 7) is 4.37. The molecule has 29 heavy (non-hydrogen) atoms. The number of benzene rings is 1. The molecule has 2 fully saturated rings. The molecule has 1 aromatic carbocycles. The Labute approximate surface area is 167 Å². The van der Waals surface area contributed by atoms with Crippen molar-refractivity contribution in [1.29, 1.82) is 0 Å². The molecule has 0 saturated carbocycles. The summed E-state index contributed by atoms with van der Waals surface area (Å²) in [5, 5.41) is 0. The van der Waals surface area contributed by atoms with Gasteiger partial charge in [0, 0.05) is 44.0 Å². The van der Waals surface area contributed by atoms with Crippen molar-refractivity contribution in [3.63, 3.8) is 0 Å². The summed E-state index contributed by atoms with van der Waals surface area (Å²) in [4.78, 5) is 16.9. The van der Waals surface area contributed by atoms with Crippen LogP contribution in [-0.4, -0.2) is 65.3 Å². The highest BCUT2D eigenvalue weighted by Gasteiger charge is 2.39. The Morgan fingerprint density at radius 1 is 1.10 bits per heavy atom.